The van der Waals surface area contributed by atoms with Crippen LogP contribution in [0.4, 0.5) is 5.69 Å². The van der Waals surface area contributed by atoms with Crippen LogP contribution in [-0.4, -0.2) is 34.8 Å². The summed E-state index contributed by atoms with van der Waals surface area (Å²) in [6.45, 7) is 13.2. The number of nitrogens with one attached hydrogen (secondary N) is 1. The monoisotopic (exact) mass is 305 g/mol. The second kappa shape index (κ2) is 7.38. The molecule has 0 aliphatic rings. The van der Waals surface area contributed by atoms with E-state index in [-0.39, 0.29) is 5.41 Å². The number of rotatable bonds is 4. The van der Waals surface area contributed by atoms with Gasteiger partial charge in [-0.2, -0.15) is 0 Å². The van der Waals surface area contributed by atoms with Gasteiger partial charge < -0.3 is 10.2 Å². The summed E-state index contributed by atoms with van der Waals surface area (Å²) in [6, 6.07) is 1.79. The fourth-order valence-electron chi connectivity index (χ4n) is 2.18. The van der Waals surface area contributed by atoms with Crippen molar-refractivity contribution in [3.8, 4) is 0 Å². The molecule has 5 nitrogen and oxygen atoms in total. The first-order valence-corrected chi connectivity index (χ1v) is 7.60. The Kier molecular flexibility index (Phi) is 6.09. The van der Waals surface area contributed by atoms with Gasteiger partial charge >= 0.3 is 11.8 Å². The maximum absolute atomic E-state index is 12.4. The Bertz CT molecular complexity index is 533. The van der Waals surface area contributed by atoms with Gasteiger partial charge in [0.05, 0.1) is 11.9 Å². The quantitative estimate of drug-likeness (QED) is 0.870. The first-order valence-electron chi connectivity index (χ1n) is 7.60. The summed E-state index contributed by atoms with van der Waals surface area (Å²) in [5.74, 6) is -0.804. The number of pyridine rings is 1. The van der Waals surface area contributed by atoms with Crippen molar-refractivity contribution < 1.29 is 9.59 Å². The van der Waals surface area contributed by atoms with Crippen LogP contribution in [0.1, 0.15) is 40.2 Å². The minimum atomic E-state index is -0.614. The van der Waals surface area contributed by atoms with Gasteiger partial charge in [-0.3, -0.25) is 14.6 Å². The largest absolute Gasteiger partial charge is 0.334 e. The number of aromatic nitrogens is 1. The highest BCUT2D eigenvalue weighted by Gasteiger charge is 2.26. The zero-order chi connectivity index (χ0) is 16.9. The maximum atomic E-state index is 12.4. The number of nitrogens with zero attached hydrogens (tertiary/aromatic N) is 2. The summed E-state index contributed by atoms with van der Waals surface area (Å²) < 4.78 is 0. The van der Waals surface area contributed by atoms with Crippen LogP contribution >= 0.6 is 0 Å². The van der Waals surface area contributed by atoms with Crippen molar-refractivity contribution in [1.29, 1.82) is 0 Å². The van der Waals surface area contributed by atoms with Crippen molar-refractivity contribution in [3.05, 3.63) is 24.0 Å². The van der Waals surface area contributed by atoms with E-state index in [1.54, 1.807) is 17.2 Å². The third kappa shape index (κ3) is 6.24. The van der Waals surface area contributed by atoms with Gasteiger partial charge in [0.2, 0.25) is 0 Å². The zero-order valence-corrected chi connectivity index (χ0v) is 14.4. The van der Waals surface area contributed by atoms with E-state index in [4.69, 9.17) is 0 Å². The molecule has 22 heavy (non-hydrogen) atoms. The smallest absolute Gasteiger partial charge is 0.313 e. The van der Waals surface area contributed by atoms with Crippen LogP contribution in [0, 0.1) is 18.3 Å². The Morgan fingerprint density at radius 1 is 1.27 bits per heavy atom. The van der Waals surface area contributed by atoms with Gasteiger partial charge in [-0.05, 0) is 29.9 Å². The number of aryl methyl sites for hydroxylation is 1. The highest BCUT2D eigenvalue weighted by molar-refractivity contribution is 6.39. The first kappa shape index (κ1) is 18.1. The van der Waals surface area contributed by atoms with Crippen LogP contribution in [0.2, 0.25) is 0 Å². The molecule has 0 unspecified atom stereocenters. The molecule has 1 heterocycles. The van der Waals surface area contributed by atoms with Crippen LogP contribution < -0.4 is 5.32 Å². The molecule has 0 aliphatic carbocycles. The molecule has 1 rings (SSSR count). The number of hydrogen-bond acceptors (Lipinski definition) is 3. The number of amides is 2. The molecule has 0 saturated carbocycles. The lowest BCUT2D eigenvalue weighted by Gasteiger charge is -2.30. The second-order valence-corrected chi connectivity index (χ2v) is 7.35. The molecule has 0 aromatic carbocycles. The molecule has 0 bridgehead atoms. The summed E-state index contributed by atoms with van der Waals surface area (Å²) in [6.07, 6.45) is 3.23. The van der Waals surface area contributed by atoms with Crippen molar-refractivity contribution in [3.63, 3.8) is 0 Å². The Hall–Kier alpha value is -1.91. The molecule has 1 aromatic heterocycles. The molecule has 0 aliphatic heterocycles. The lowest BCUT2D eigenvalue weighted by molar-refractivity contribution is -0.144. The topological polar surface area (TPSA) is 62.3 Å². The lowest BCUT2D eigenvalue weighted by Crippen LogP contribution is -2.45. The molecule has 0 atom stereocenters. The summed E-state index contributed by atoms with van der Waals surface area (Å²) in [5, 5.41) is 2.63. The molecule has 5 heteroatoms. The second-order valence-electron chi connectivity index (χ2n) is 7.35. The van der Waals surface area contributed by atoms with Crippen LogP contribution in [-0.2, 0) is 9.59 Å². The molecule has 1 aromatic rings. The fraction of sp³-hybridized carbons (Fsp3) is 0.588. The van der Waals surface area contributed by atoms with Crippen molar-refractivity contribution >= 4 is 17.5 Å². The van der Waals surface area contributed by atoms with Gasteiger partial charge in [0.25, 0.3) is 0 Å². The molecule has 0 radical (unpaired) electrons. The summed E-state index contributed by atoms with van der Waals surface area (Å²) >= 11 is 0. The Labute approximate surface area is 133 Å². The highest BCUT2D eigenvalue weighted by atomic mass is 16.2. The molecule has 0 spiro atoms. The van der Waals surface area contributed by atoms with Crippen molar-refractivity contribution in [1.82, 2.24) is 9.88 Å². The molecule has 0 fully saturated rings. The predicted octanol–water partition coefficient (Wildman–Crippen LogP) is 2.86. The SMILES string of the molecule is Cc1cncc(NC(=O)C(=O)N(CC(C)C)CC(C)(C)C)c1. The van der Waals surface area contributed by atoms with Crippen molar-refractivity contribution in [2.45, 2.75) is 41.5 Å². The van der Waals surface area contributed by atoms with Gasteiger partial charge in [0.15, 0.2) is 0 Å². The average Bonchev–Trinajstić information content (AvgIpc) is 2.34. The minimum Gasteiger partial charge on any atom is -0.334 e. The van der Waals surface area contributed by atoms with Gasteiger partial charge in [0.1, 0.15) is 0 Å². The molecular formula is C17H27N3O2. The third-order valence-corrected chi connectivity index (χ3v) is 2.87. The summed E-state index contributed by atoms with van der Waals surface area (Å²) in [4.78, 5) is 30.3. The van der Waals surface area contributed by atoms with E-state index >= 15 is 0 Å². The van der Waals surface area contributed by atoms with Gasteiger partial charge in [-0.1, -0.05) is 34.6 Å². The summed E-state index contributed by atoms with van der Waals surface area (Å²) in [5.41, 5.74) is 1.41. The number of carbonyl (C=O) groups is 2. The molecule has 122 valence electrons. The van der Waals surface area contributed by atoms with E-state index in [0.717, 1.165) is 5.56 Å². The van der Waals surface area contributed by atoms with Gasteiger partial charge in [-0.25, -0.2) is 0 Å². The van der Waals surface area contributed by atoms with E-state index in [0.29, 0.717) is 24.7 Å². The third-order valence-electron chi connectivity index (χ3n) is 2.87. The van der Waals surface area contributed by atoms with Gasteiger partial charge in [-0.15, -0.1) is 0 Å². The van der Waals surface area contributed by atoms with E-state index in [9.17, 15) is 9.59 Å². The molecule has 2 amide bonds. The average molecular weight is 305 g/mol. The molecule has 1 N–H and O–H groups in total. The predicted molar refractivity (Wildman–Crippen MR) is 88.5 cm³/mol. The van der Waals surface area contributed by atoms with Crippen LogP contribution in [0.5, 0.6) is 0 Å². The van der Waals surface area contributed by atoms with E-state index in [1.807, 2.05) is 20.8 Å². The summed E-state index contributed by atoms with van der Waals surface area (Å²) in [7, 11) is 0. The molecular weight excluding hydrogens is 278 g/mol. The van der Waals surface area contributed by atoms with Crippen LogP contribution in [0.25, 0.3) is 0 Å². The number of hydrogen-bond donors (Lipinski definition) is 1. The van der Waals surface area contributed by atoms with E-state index in [1.165, 1.54) is 6.20 Å². The number of anilines is 1. The lowest BCUT2D eigenvalue weighted by atomic mass is 9.95. The zero-order valence-electron chi connectivity index (χ0n) is 14.4. The first-order chi connectivity index (χ1) is 10.1. The van der Waals surface area contributed by atoms with Crippen molar-refractivity contribution in [2.75, 3.05) is 18.4 Å². The highest BCUT2D eigenvalue weighted by Crippen LogP contribution is 2.17. The van der Waals surface area contributed by atoms with Crippen LogP contribution in [0.15, 0.2) is 18.5 Å². The fourth-order valence-corrected chi connectivity index (χ4v) is 2.18. The Morgan fingerprint density at radius 3 is 2.41 bits per heavy atom. The Balaban J connectivity index is 2.81. The van der Waals surface area contributed by atoms with E-state index < -0.39 is 11.8 Å². The normalized spacial score (nSPS) is 11.4. The van der Waals surface area contributed by atoms with Crippen LogP contribution in [0.3, 0.4) is 0 Å². The van der Waals surface area contributed by atoms with E-state index in [2.05, 4.69) is 31.1 Å². The Morgan fingerprint density at radius 2 is 1.91 bits per heavy atom. The number of carbonyl (C=O) groups excluding carboxylic acids is 2. The maximum Gasteiger partial charge on any atom is 0.313 e. The minimum absolute atomic E-state index is 0.0598. The standard InChI is InChI=1S/C17H27N3O2/c1-12(2)10-20(11-17(4,5)6)16(22)15(21)19-14-7-13(3)8-18-9-14/h7-9,12H,10-11H2,1-6H3,(H,19,21). The molecule has 0 saturated heterocycles. The van der Waals surface area contributed by atoms with Crippen molar-refractivity contribution in [2.24, 2.45) is 11.3 Å². The van der Waals surface area contributed by atoms with Gasteiger partial charge in [0, 0.05) is 19.3 Å².